The predicted molar refractivity (Wildman–Crippen MR) is 39.5 cm³/mol. The Labute approximate surface area is 65.1 Å². The fourth-order valence-electron chi connectivity index (χ4n) is 1.82. The van der Waals surface area contributed by atoms with E-state index in [1.807, 2.05) is 0 Å². The highest BCUT2D eigenvalue weighted by molar-refractivity contribution is 5.82. The van der Waals surface area contributed by atoms with Crippen molar-refractivity contribution in [2.45, 2.75) is 19.0 Å². The number of hydrogen-bond acceptors (Lipinski definition) is 4. The fourth-order valence-corrected chi connectivity index (χ4v) is 1.82. The molecule has 2 aliphatic heterocycles. The molecule has 4 nitrogen and oxygen atoms in total. The molecule has 1 N–H and O–H groups in total. The maximum absolute atomic E-state index is 11.0. The van der Waals surface area contributed by atoms with Gasteiger partial charge in [-0.05, 0) is 6.92 Å². The van der Waals surface area contributed by atoms with Crippen molar-refractivity contribution in [1.82, 2.24) is 5.32 Å². The molecule has 3 atom stereocenters. The smallest absolute Gasteiger partial charge is 0.147 e. The number of ketones is 1. The first-order valence-corrected chi connectivity index (χ1v) is 3.89. The molecule has 0 radical (unpaired) electrons. The maximum Gasteiger partial charge on any atom is 0.147 e. The van der Waals surface area contributed by atoms with E-state index in [0.29, 0.717) is 5.92 Å². The summed E-state index contributed by atoms with van der Waals surface area (Å²) in [5.41, 5.74) is 0. The lowest BCUT2D eigenvalue weighted by atomic mass is 9.96. The summed E-state index contributed by atoms with van der Waals surface area (Å²) in [6.45, 7) is 3.17. The molecule has 4 heteroatoms. The van der Waals surface area contributed by atoms with E-state index >= 15 is 0 Å². The van der Waals surface area contributed by atoms with Gasteiger partial charge in [-0.3, -0.25) is 4.79 Å². The normalized spacial score (nSPS) is 41.0. The van der Waals surface area contributed by atoms with Crippen LogP contribution in [0.15, 0.2) is 10.2 Å². The average molecular weight is 153 g/mol. The molecule has 1 saturated heterocycles. The van der Waals surface area contributed by atoms with Crippen LogP contribution in [0.2, 0.25) is 0 Å². The number of rotatable bonds is 1. The van der Waals surface area contributed by atoms with Crippen LogP contribution in [0.4, 0.5) is 0 Å². The molecule has 2 aliphatic rings. The van der Waals surface area contributed by atoms with E-state index in [1.165, 1.54) is 0 Å². The average Bonchev–Trinajstić information content (AvgIpc) is 2.41. The molecule has 0 aromatic carbocycles. The van der Waals surface area contributed by atoms with Crippen LogP contribution in [0, 0.1) is 5.92 Å². The Morgan fingerprint density at radius 3 is 3.18 bits per heavy atom. The Balaban J connectivity index is 2.12. The van der Waals surface area contributed by atoms with Crippen molar-refractivity contribution in [3.05, 3.63) is 0 Å². The van der Waals surface area contributed by atoms with E-state index in [2.05, 4.69) is 15.5 Å². The van der Waals surface area contributed by atoms with Gasteiger partial charge in [0, 0.05) is 12.5 Å². The van der Waals surface area contributed by atoms with E-state index < -0.39 is 0 Å². The number of carbonyl (C=O) groups is 1. The molecule has 2 heterocycles. The summed E-state index contributed by atoms with van der Waals surface area (Å²) in [6.07, 6.45) is 0. The molecule has 0 aliphatic carbocycles. The van der Waals surface area contributed by atoms with Crippen molar-refractivity contribution in [1.29, 1.82) is 0 Å². The quantitative estimate of drug-likeness (QED) is 0.576. The van der Waals surface area contributed by atoms with Crippen LogP contribution in [0.3, 0.4) is 0 Å². The third-order valence-electron chi connectivity index (χ3n) is 2.43. The lowest BCUT2D eigenvalue weighted by Gasteiger charge is -2.11. The Kier molecular flexibility index (Phi) is 1.49. The van der Waals surface area contributed by atoms with Crippen molar-refractivity contribution < 1.29 is 4.79 Å². The van der Waals surface area contributed by atoms with E-state index in [0.717, 1.165) is 13.1 Å². The molecule has 3 unspecified atom stereocenters. The van der Waals surface area contributed by atoms with Crippen molar-refractivity contribution in [2.75, 3.05) is 13.1 Å². The minimum absolute atomic E-state index is 0.00926. The topological polar surface area (TPSA) is 53.8 Å². The number of Topliss-reactive ketones (excluding diaryl/α,β-unsaturated/α-hetero) is 1. The van der Waals surface area contributed by atoms with Crippen LogP contribution in [0.25, 0.3) is 0 Å². The zero-order valence-electron chi connectivity index (χ0n) is 6.45. The molecule has 60 valence electrons. The number of azo groups is 1. The van der Waals surface area contributed by atoms with Gasteiger partial charge in [-0.1, -0.05) is 0 Å². The molecule has 0 spiro atoms. The summed E-state index contributed by atoms with van der Waals surface area (Å²) in [4.78, 5) is 11.0. The van der Waals surface area contributed by atoms with E-state index in [-0.39, 0.29) is 17.9 Å². The van der Waals surface area contributed by atoms with Crippen LogP contribution in [-0.4, -0.2) is 31.0 Å². The highest BCUT2D eigenvalue weighted by Gasteiger charge is 2.40. The highest BCUT2D eigenvalue weighted by atomic mass is 16.1. The minimum atomic E-state index is 0.00926. The Bertz CT molecular complexity index is 214. The van der Waals surface area contributed by atoms with Gasteiger partial charge in [0.2, 0.25) is 0 Å². The van der Waals surface area contributed by atoms with E-state index in [9.17, 15) is 4.79 Å². The molecule has 11 heavy (non-hydrogen) atoms. The Morgan fingerprint density at radius 2 is 2.45 bits per heavy atom. The molecule has 1 fully saturated rings. The number of nitrogens with one attached hydrogen (secondary N) is 1. The largest absolute Gasteiger partial charge is 0.305 e. The second-order valence-electron chi connectivity index (χ2n) is 3.17. The van der Waals surface area contributed by atoms with Crippen molar-refractivity contribution in [3.63, 3.8) is 0 Å². The first-order chi connectivity index (χ1) is 5.29. The standard InChI is InChI=1S/C7H11N3O/c1-4(11)7-5-2-9-10-6(5)3-8-7/h5-8H,2-3H2,1H3. The molecule has 0 aromatic rings. The van der Waals surface area contributed by atoms with Crippen LogP contribution < -0.4 is 5.32 Å². The molecular formula is C7H11N3O. The molecule has 0 bridgehead atoms. The lowest BCUT2D eigenvalue weighted by molar-refractivity contribution is -0.119. The lowest BCUT2D eigenvalue weighted by Crippen LogP contribution is -2.35. The van der Waals surface area contributed by atoms with Crippen molar-refractivity contribution >= 4 is 5.78 Å². The van der Waals surface area contributed by atoms with Gasteiger partial charge < -0.3 is 5.32 Å². The Morgan fingerprint density at radius 1 is 1.64 bits per heavy atom. The van der Waals surface area contributed by atoms with Gasteiger partial charge in [-0.15, -0.1) is 0 Å². The predicted octanol–water partition coefficient (Wildman–Crippen LogP) is -0.00220. The Hall–Kier alpha value is -0.770. The summed E-state index contributed by atoms with van der Waals surface area (Å²) in [5.74, 6) is 0.553. The monoisotopic (exact) mass is 153 g/mol. The number of hydrogen-bond donors (Lipinski definition) is 1. The molecule has 0 aromatic heterocycles. The minimum Gasteiger partial charge on any atom is -0.305 e. The second-order valence-corrected chi connectivity index (χ2v) is 3.17. The molecule has 0 amide bonds. The first-order valence-electron chi connectivity index (χ1n) is 3.89. The van der Waals surface area contributed by atoms with Crippen LogP contribution in [0.1, 0.15) is 6.92 Å². The number of fused-ring (bicyclic) bond motifs is 1. The first kappa shape index (κ1) is 6.91. The van der Waals surface area contributed by atoms with Gasteiger partial charge in [0.15, 0.2) is 0 Å². The maximum atomic E-state index is 11.0. The second kappa shape index (κ2) is 2.37. The number of carbonyl (C=O) groups excluding carboxylic acids is 1. The SMILES string of the molecule is CC(=O)C1NCC2N=NCC21. The van der Waals surface area contributed by atoms with Gasteiger partial charge in [-0.25, -0.2) is 0 Å². The zero-order chi connectivity index (χ0) is 7.84. The van der Waals surface area contributed by atoms with Crippen LogP contribution in [0.5, 0.6) is 0 Å². The van der Waals surface area contributed by atoms with E-state index in [1.54, 1.807) is 6.92 Å². The molecule has 2 rings (SSSR count). The van der Waals surface area contributed by atoms with Gasteiger partial charge in [0.25, 0.3) is 0 Å². The zero-order valence-corrected chi connectivity index (χ0v) is 6.45. The van der Waals surface area contributed by atoms with Crippen molar-refractivity contribution in [3.8, 4) is 0 Å². The molecular weight excluding hydrogens is 142 g/mol. The van der Waals surface area contributed by atoms with Gasteiger partial charge in [0.05, 0.1) is 18.6 Å². The summed E-state index contributed by atoms with van der Waals surface area (Å²) in [5, 5.41) is 11.1. The highest BCUT2D eigenvalue weighted by Crippen LogP contribution is 2.25. The summed E-state index contributed by atoms with van der Waals surface area (Å²) in [7, 11) is 0. The molecule has 0 saturated carbocycles. The fraction of sp³-hybridized carbons (Fsp3) is 0.857. The summed E-state index contributed by atoms with van der Waals surface area (Å²) < 4.78 is 0. The summed E-state index contributed by atoms with van der Waals surface area (Å²) in [6, 6.07) is 0.277. The van der Waals surface area contributed by atoms with Gasteiger partial charge in [0.1, 0.15) is 5.78 Å². The van der Waals surface area contributed by atoms with Gasteiger partial charge in [-0.2, -0.15) is 10.2 Å². The van der Waals surface area contributed by atoms with Crippen LogP contribution in [-0.2, 0) is 4.79 Å². The van der Waals surface area contributed by atoms with Gasteiger partial charge >= 0.3 is 0 Å². The third-order valence-corrected chi connectivity index (χ3v) is 2.43. The van der Waals surface area contributed by atoms with Crippen molar-refractivity contribution in [2.24, 2.45) is 16.1 Å². The van der Waals surface area contributed by atoms with Crippen LogP contribution >= 0.6 is 0 Å². The van der Waals surface area contributed by atoms with E-state index in [4.69, 9.17) is 0 Å². The summed E-state index contributed by atoms with van der Waals surface area (Å²) >= 11 is 0. The number of nitrogens with zero attached hydrogens (tertiary/aromatic N) is 2. The third kappa shape index (κ3) is 0.976.